The molecule has 0 radical (unpaired) electrons. The largest absolute Gasteiger partial charge is 0.457 e. The Morgan fingerprint density at radius 1 is 1.07 bits per heavy atom. The first kappa shape index (κ1) is 17.7. The lowest BCUT2D eigenvalue weighted by Gasteiger charge is -2.08. The molecule has 28 heavy (non-hydrogen) atoms. The number of carbonyl (C=O) groups is 1. The van der Waals surface area contributed by atoms with E-state index in [4.69, 9.17) is 4.74 Å². The van der Waals surface area contributed by atoms with Gasteiger partial charge in [0.1, 0.15) is 23.7 Å². The van der Waals surface area contributed by atoms with Gasteiger partial charge in [-0.1, -0.05) is 24.3 Å². The van der Waals surface area contributed by atoms with Gasteiger partial charge in [-0.2, -0.15) is 10.2 Å². The number of aromatic nitrogens is 4. The molecule has 2 aromatic carbocycles. The molecular weight excluding hydrogens is 359 g/mol. The molecule has 2 heterocycles. The maximum absolute atomic E-state index is 14.0. The quantitative estimate of drug-likeness (QED) is 0.496. The van der Waals surface area contributed by atoms with Gasteiger partial charge in [0.05, 0.1) is 17.6 Å². The molecule has 0 amide bonds. The van der Waals surface area contributed by atoms with E-state index in [-0.39, 0.29) is 12.3 Å². The summed E-state index contributed by atoms with van der Waals surface area (Å²) in [5.74, 6) is -0.915. The smallest absolute Gasteiger partial charge is 0.341 e. The van der Waals surface area contributed by atoms with Crippen molar-refractivity contribution >= 4 is 5.97 Å². The molecule has 140 valence electrons. The van der Waals surface area contributed by atoms with Gasteiger partial charge in [-0.05, 0) is 42.8 Å². The average molecular weight is 376 g/mol. The maximum atomic E-state index is 14.0. The fourth-order valence-corrected chi connectivity index (χ4v) is 2.87. The normalized spacial score (nSPS) is 10.8. The third-order valence-electron chi connectivity index (χ3n) is 4.39. The molecular formula is C21H17FN4O2. The van der Waals surface area contributed by atoms with Gasteiger partial charge in [0, 0.05) is 12.4 Å². The molecule has 0 aliphatic rings. The number of para-hydroxylation sites is 1. The molecule has 6 nitrogen and oxygen atoms in total. The zero-order valence-electron chi connectivity index (χ0n) is 15.1. The first-order valence-electron chi connectivity index (χ1n) is 8.69. The first-order valence-corrected chi connectivity index (χ1v) is 8.69. The Bertz CT molecular complexity index is 1100. The fourth-order valence-electron chi connectivity index (χ4n) is 2.87. The standard InChI is InChI=1S/C21H17FN4O2/c1-15-18(13-24-26(15)20-6-3-2-5-19(20)22)21(27)28-14-16-7-9-17(10-8-16)25-12-4-11-23-25/h2-13H,14H2,1H3. The van der Waals surface area contributed by atoms with E-state index in [9.17, 15) is 9.18 Å². The van der Waals surface area contributed by atoms with Crippen LogP contribution in [-0.4, -0.2) is 25.5 Å². The predicted molar refractivity (Wildman–Crippen MR) is 101 cm³/mol. The number of nitrogens with zero attached hydrogens (tertiary/aromatic N) is 4. The van der Waals surface area contributed by atoms with Crippen LogP contribution in [0.2, 0.25) is 0 Å². The van der Waals surface area contributed by atoms with Crippen molar-refractivity contribution in [2.75, 3.05) is 0 Å². The van der Waals surface area contributed by atoms with Crippen LogP contribution in [0.25, 0.3) is 11.4 Å². The summed E-state index contributed by atoms with van der Waals surface area (Å²) in [6.07, 6.45) is 4.95. The van der Waals surface area contributed by atoms with E-state index in [0.29, 0.717) is 11.3 Å². The lowest BCUT2D eigenvalue weighted by atomic mass is 10.2. The zero-order valence-corrected chi connectivity index (χ0v) is 15.1. The Labute approximate surface area is 160 Å². The Morgan fingerprint density at radius 3 is 2.57 bits per heavy atom. The highest BCUT2D eigenvalue weighted by Gasteiger charge is 2.18. The van der Waals surface area contributed by atoms with Gasteiger partial charge in [-0.3, -0.25) is 0 Å². The summed E-state index contributed by atoms with van der Waals surface area (Å²) in [7, 11) is 0. The highest BCUT2D eigenvalue weighted by molar-refractivity contribution is 5.90. The molecule has 0 aliphatic carbocycles. The summed E-state index contributed by atoms with van der Waals surface area (Å²) in [5.41, 5.74) is 2.87. The van der Waals surface area contributed by atoms with E-state index in [0.717, 1.165) is 11.3 Å². The van der Waals surface area contributed by atoms with Gasteiger partial charge < -0.3 is 4.74 Å². The van der Waals surface area contributed by atoms with Crippen molar-refractivity contribution in [1.82, 2.24) is 19.6 Å². The van der Waals surface area contributed by atoms with E-state index >= 15 is 0 Å². The molecule has 0 saturated heterocycles. The summed E-state index contributed by atoms with van der Waals surface area (Å²) < 4.78 is 22.5. The van der Waals surface area contributed by atoms with Crippen LogP contribution in [-0.2, 0) is 11.3 Å². The zero-order chi connectivity index (χ0) is 19.5. The van der Waals surface area contributed by atoms with E-state index in [1.165, 1.54) is 16.9 Å². The highest BCUT2D eigenvalue weighted by Crippen LogP contribution is 2.18. The topological polar surface area (TPSA) is 61.9 Å². The second kappa shape index (κ2) is 7.48. The monoisotopic (exact) mass is 376 g/mol. The van der Waals surface area contributed by atoms with E-state index in [1.807, 2.05) is 36.5 Å². The molecule has 0 bridgehead atoms. The van der Waals surface area contributed by atoms with Gasteiger partial charge in [-0.15, -0.1) is 0 Å². The van der Waals surface area contributed by atoms with Gasteiger partial charge in [-0.25, -0.2) is 18.5 Å². The van der Waals surface area contributed by atoms with Crippen LogP contribution in [0.1, 0.15) is 21.6 Å². The molecule has 0 aliphatic heterocycles. The number of ether oxygens (including phenoxy) is 1. The Balaban J connectivity index is 1.45. The van der Waals surface area contributed by atoms with Gasteiger partial charge in [0.2, 0.25) is 0 Å². The van der Waals surface area contributed by atoms with Crippen LogP contribution in [0.3, 0.4) is 0 Å². The van der Waals surface area contributed by atoms with Crippen LogP contribution >= 0.6 is 0 Å². The van der Waals surface area contributed by atoms with Crippen molar-refractivity contribution in [3.8, 4) is 11.4 Å². The van der Waals surface area contributed by atoms with Crippen molar-refractivity contribution in [2.45, 2.75) is 13.5 Å². The van der Waals surface area contributed by atoms with E-state index < -0.39 is 11.8 Å². The van der Waals surface area contributed by atoms with Crippen LogP contribution in [0, 0.1) is 12.7 Å². The molecule has 0 atom stereocenters. The summed E-state index contributed by atoms with van der Waals surface area (Å²) >= 11 is 0. The lowest BCUT2D eigenvalue weighted by Crippen LogP contribution is -2.08. The maximum Gasteiger partial charge on any atom is 0.341 e. The molecule has 0 spiro atoms. The van der Waals surface area contributed by atoms with Gasteiger partial charge in [0.25, 0.3) is 0 Å². The summed E-state index contributed by atoms with van der Waals surface area (Å²) in [5, 5.41) is 8.30. The summed E-state index contributed by atoms with van der Waals surface area (Å²) in [6, 6.07) is 15.7. The van der Waals surface area contributed by atoms with Crippen molar-refractivity contribution < 1.29 is 13.9 Å². The average Bonchev–Trinajstić information content (AvgIpc) is 3.37. The SMILES string of the molecule is Cc1c(C(=O)OCc2ccc(-n3cccn3)cc2)cnn1-c1ccccc1F. The molecule has 0 saturated carbocycles. The minimum absolute atomic E-state index is 0.128. The summed E-state index contributed by atoms with van der Waals surface area (Å²) in [4.78, 5) is 12.4. The number of esters is 1. The van der Waals surface area contributed by atoms with Crippen LogP contribution in [0.15, 0.2) is 73.2 Å². The number of benzene rings is 2. The second-order valence-electron chi connectivity index (χ2n) is 6.20. The minimum Gasteiger partial charge on any atom is -0.457 e. The number of hydrogen-bond donors (Lipinski definition) is 0. The Kier molecular flexibility index (Phi) is 4.72. The fraction of sp³-hybridized carbons (Fsp3) is 0.0952. The van der Waals surface area contributed by atoms with Crippen LogP contribution in [0.4, 0.5) is 4.39 Å². The second-order valence-corrected chi connectivity index (χ2v) is 6.20. The van der Waals surface area contributed by atoms with Gasteiger partial charge >= 0.3 is 5.97 Å². The van der Waals surface area contributed by atoms with Crippen molar-refractivity contribution in [1.29, 1.82) is 0 Å². The van der Waals surface area contributed by atoms with Crippen molar-refractivity contribution in [2.24, 2.45) is 0 Å². The number of rotatable bonds is 5. The number of hydrogen-bond acceptors (Lipinski definition) is 4. The summed E-state index contributed by atoms with van der Waals surface area (Å²) in [6.45, 7) is 1.83. The van der Waals surface area contributed by atoms with Crippen molar-refractivity contribution in [3.05, 3.63) is 95.8 Å². The Morgan fingerprint density at radius 2 is 1.86 bits per heavy atom. The van der Waals surface area contributed by atoms with E-state index in [2.05, 4.69) is 10.2 Å². The predicted octanol–water partition coefficient (Wildman–Crippen LogP) is 3.86. The van der Waals surface area contributed by atoms with Crippen molar-refractivity contribution in [3.63, 3.8) is 0 Å². The van der Waals surface area contributed by atoms with E-state index in [1.54, 1.807) is 36.0 Å². The third kappa shape index (κ3) is 3.42. The number of carbonyl (C=O) groups excluding carboxylic acids is 1. The molecule has 4 aromatic rings. The molecule has 0 fully saturated rings. The highest BCUT2D eigenvalue weighted by atomic mass is 19.1. The van der Waals surface area contributed by atoms with Crippen LogP contribution in [0.5, 0.6) is 0 Å². The minimum atomic E-state index is -0.503. The molecule has 2 aromatic heterocycles. The lowest BCUT2D eigenvalue weighted by molar-refractivity contribution is 0.0472. The number of halogens is 1. The van der Waals surface area contributed by atoms with Crippen LogP contribution < -0.4 is 0 Å². The molecule has 0 unspecified atom stereocenters. The molecule has 7 heteroatoms. The Hall–Kier alpha value is -3.74. The first-order chi connectivity index (χ1) is 13.6. The molecule has 0 N–H and O–H groups in total. The third-order valence-corrected chi connectivity index (χ3v) is 4.39. The van der Waals surface area contributed by atoms with Gasteiger partial charge in [0.15, 0.2) is 0 Å². The molecule has 4 rings (SSSR count).